The van der Waals surface area contributed by atoms with E-state index in [1.807, 2.05) is 45.9 Å². The molecule has 0 spiro atoms. The molecule has 1 fully saturated rings. The number of hydrogen-bond acceptors (Lipinski definition) is 3. The van der Waals surface area contributed by atoms with Crippen LogP contribution >= 0.6 is 15.9 Å². The Kier molecular flexibility index (Phi) is 4.47. The first-order chi connectivity index (χ1) is 9.70. The number of amides is 1. The molecule has 1 aromatic carbocycles. The van der Waals surface area contributed by atoms with Gasteiger partial charge in [-0.1, -0.05) is 29.8 Å². The van der Waals surface area contributed by atoms with E-state index in [0.717, 1.165) is 15.7 Å². The minimum absolute atomic E-state index is 0.0301. The van der Waals surface area contributed by atoms with Crippen molar-refractivity contribution in [2.75, 3.05) is 11.9 Å². The Bertz CT molecular complexity index is 539. The van der Waals surface area contributed by atoms with Crippen molar-refractivity contribution < 1.29 is 9.53 Å². The Morgan fingerprint density at radius 1 is 1.48 bits per heavy atom. The van der Waals surface area contributed by atoms with E-state index >= 15 is 0 Å². The van der Waals surface area contributed by atoms with Crippen LogP contribution in [0.15, 0.2) is 22.7 Å². The summed E-state index contributed by atoms with van der Waals surface area (Å²) in [5.41, 5.74) is 6.92. The molecule has 0 radical (unpaired) electrons. The molecule has 5 heteroatoms. The zero-order valence-corrected chi connectivity index (χ0v) is 14.6. The average Bonchev–Trinajstić information content (AvgIpc) is 2.36. The molecule has 1 aliphatic rings. The van der Waals surface area contributed by atoms with Gasteiger partial charge in [-0.15, -0.1) is 0 Å². The van der Waals surface area contributed by atoms with Crippen LogP contribution in [-0.4, -0.2) is 24.2 Å². The van der Waals surface area contributed by atoms with Crippen molar-refractivity contribution in [2.24, 2.45) is 11.1 Å². The number of anilines is 1. The second kappa shape index (κ2) is 5.71. The number of hydrogen-bond donors (Lipinski definition) is 2. The lowest BCUT2D eigenvalue weighted by Gasteiger charge is -2.57. The third-order valence-electron chi connectivity index (χ3n) is 4.54. The van der Waals surface area contributed by atoms with Crippen molar-refractivity contribution in [1.82, 2.24) is 0 Å². The molecule has 1 saturated carbocycles. The Morgan fingerprint density at radius 2 is 2.14 bits per heavy atom. The summed E-state index contributed by atoms with van der Waals surface area (Å²) in [6, 6.07) is 5.80. The first-order valence-corrected chi connectivity index (χ1v) is 7.99. The van der Waals surface area contributed by atoms with Crippen LogP contribution in [0.5, 0.6) is 0 Å². The van der Waals surface area contributed by atoms with Gasteiger partial charge in [0.05, 0.1) is 6.10 Å². The smallest absolute Gasteiger partial charge is 0.245 e. The third kappa shape index (κ3) is 2.87. The van der Waals surface area contributed by atoms with E-state index in [0.29, 0.717) is 13.0 Å². The molecule has 0 aliphatic heterocycles. The summed E-state index contributed by atoms with van der Waals surface area (Å²) in [6.07, 6.45) is 0.578. The summed E-state index contributed by atoms with van der Waals surface area (Å²) in [5.74, 6) is -0.152. The molecule has 2 unspecified atom stereocenters. The van der Waals surface area contributed by atoms with Gasteiger partial charge in [-0.25, -0.2) is 0 Å². The van der Waals surface area contributed by atoms with Gasteiger partial charge in [0.2, 0.25) is 5.91 Å². The van der Waals surface area contributed by atoms with Gasteiger partial charge in [0.15, 0.2) is 0 Å². The topological polar surface area (TPSA) is 64.3 Å². The Balaban J connectivity index is 2.14. The number of ether oxygens (including phenoxy) is 1. The highest BCUT2D eigenvalue weighted by atomic mass is 79.9. The normalized spacial score (nSPS) is 27.0. The Morgan fingerprint density at radius 3 is 2.67 bits per heavy atom. The molecular formula is C16H23BrN2O2. The van der Waals surface area contributed by atoms with Gasteiger partial charge in [0.25, 0.3) is 0 Å². The van der Waals surface area contributed by atoms with Crippen molar-refractivity contribution in [3.8, 4) is 0 Å². The van der Waals surface area contributed by atoms with Gasteiger partial charge < -0.3 is 15.8 Å². The van der Waals surface area contributed by atoms with Crippen LogP contribution < -0.4 is 11.1 Å². The number of carbonyl (C=O) groups is 1. The lowest BCUT2D eigenvalue weighted by Crippen LogP contribution is -2.74. The van der Waals surface area contributed by atoms with Crippen molar-refractivity contribution in [3.63, 3.8) is 0 Å². The fraction of sp³-hybridized carbons (Fsp3) is 0.562. The molecule has 1 aliphatic carbocycles. The number of nitrogens with one attached hydrogen (secondary N) is 1. The van der Waals surface area contributed by atoms with E-state index in [4.69, 9.17) is 10.5 Å². The van der Waals surface area contributed by atoms with E-state index in [1.54, 1.807) is 0 Å². The molecule has 0 bridgehead atoms. The average molecular weight is 355 g/mol. The summed E-state index contributed by atoms with van der Waals surface area (Å²) in [7, 11) is 0. The van der Waals surface area contributed by atoms with Crippen LogP contribution in [0, 0.1) is 12.3 Å². The lowest BCUT2D eigenvalue weighted by molar-refractivity contribution is -0.166. The summed E-state index contributed by atoms with van der Waals surface area (Å²) in [6.45, 7) is 8.55. The SMILES string of the molecule is CCOC1CC(N)(C(=O)Nc2cc(C)cc(Br)c2)C1(C)C. The molecule has 3 N–H and O–H groups in total. The van der Waals surface area contributed by atoms with E-state index in [-0.39, 0.29) is 17.4 Å². The van der Waals surface area contributed by atoms with Crippen molar-refractivity contribution >= 4 is 27.5 Å². The number of benzene rings is 1. The predicted molar refractivity (Wildman–Crippen MR) is 88.2 cm³/mol. The van der Waals surface area contributed by atoms with Crippen molar-refractivity contribution in [2.45, 2.75) is 45.8 Å². The zero-order valence-electron chi connectivity index (χ0n) is 13.0. The summed E-state index contributed by atoms with van der Waals surface area (Å²) in [5, 5.41) is 2.93. The second-order valence-corrected chi connectivity index (χ2v) is 7.23. The Labute approximate surface area is 134 Å². The van der Waals surface area contributed by atoms with Crippen LogP contribution in [0.3, 0.4) is 0 Å². The van der Waals surface area contributed by atoms with E-state index in [2.05, 4.69) is 21.2 Å². The minimum Gasteiger partial charge on any atom is -0.378 e. The highest BCUT2D eigenvalue weighted by Crippen LogP contribution is 2.50. The Hall–Kier alpha value is -0.910. The molecule has 21 heavy (non-hydrogen) atoms. The summed E-state index contributed by atoms with van der Waals surface area (Å²) in [4.78, 5) is 12.6. The van der Waals surface area contributed by atoms with E-state index in [1.165, 1.54) is 0 Å². The lowest BCUT2D eigenvalue weighted by atomic mass is 9.54. The molecule has 0 saturated heterocycles. The van der Waals surface area contributed by atoms with Gasteiger partial charge in [-0.2, -0.15) is 0 Å². The maximum absolute atomic E-state index is 12.6. The monoisotopic (exact) mass is 354 g/mol. The van der Waals surface area contributed by atoms with Crippen LogP contribution in [0.1, 0.15) is 32.8 Å². The van der Waals surface area contributed by atoms with E-state index < -0.39 is 5.54 Å². The van der Waals surface area contributed by atoms with Crippen LogP contribution in [0.2, 0.25) is 0 Å². The van der Waals surface area contributed by atoms with Gasteiger partial charge in [0.1, 0.15) is 5.54 Å². The molecule has 1 aromatic rings. The number of aryl methyl sites for hydroxylation is 1. The van der Waals surface area contributed by atoms with Crippen molar-refractivity contribution in [3.05, 3.63) is 28.2 Å². The summed E-state index contributed by atoms with van der Waals surface area (Å²) < 4.78 is 6.59. The van der Waals surface area contributed by atoms with Crippen LogP contribution in [0.25, 0.3) is 0 Å². The maximum Gasteiger partial charge on any atom is 0.245 e. The quantitative estimate of drug-likeness (QED) is 0.872. The number of nitrogens with two attached hydrogens (primary N) is 1. The molecule has 2 atom stereocenters. The molecule has 1 amide bonds. The summed E-state index contributed by atoms with van der Waals surface area (Å²) >= 11 is 3.43. The first kappa shape index (κ1) is 16.5. The van der Waals surface area contributed by atoms with Crippen LogP contribution in [-0.2, 0) is 9.53 Å². The highest BCUT2D eigenvalue weighted by Gasteiger charge is 2.62. The fourth-order valence-corrected chi connectivity index (χ4v) is 3.48. The molecular weight excluding hydrogens is 332 g/mol. The second-order valence-electron chi connectivity index (χ2n) is 6.31. The van der Waals surface area contributed by atoms with E-state index in [9.17, 15) is 4.79 Å². The molecule has 2 rings (SSSR count). The standard InChI is InChI=1S/C16H23BrN2O2/c1-5-21-13-9-16(18,15(13,3)4)14(20)19-12-7-10(2)6-11(17)8-12/h6-8,13H,5,9,18H2,1-4H3,(H,19,20). The zero-order chi connectivity index (χ0) is 15.8. The van der Waals surface area contributed by atoms with Crippen molar-refractivity contribution in [1.29, 1.82) is 0 Å². The number of halogens is 1. The van der Waals surface area contributed by atoms with Gasteiger partial charge >= 0.3 is 0 Å². The molecule has 0 aromatic heterocycles. The highest BCUT2D eigenvalue weighted by molar-refractivity contribution is 9.10. The largest absolute Gasteiger partial charge is 0.378 e. The molecule has 4 nitrogen and oxygen atoms in total. The van der Waals surface area contributed by atoms with Gasteiger partial charge in [0, 0.05) is 28.6 Å². The fourth-order valence-electron chi connectivity index (χ4n) is 2.87. The third-order valence-corrected chi connectivity index (χ3v) is 4.99. The van der Waals surface area contributed by atoms with Gasteiger partial charge in [-0.3, -0.25) is 4.79 Å². The predicted octanol–water partition coefficient (Wildman–Crippen LogP) is 3.23. The minimum atomic E-state index is -0.900. The first-order valence-electron chi connectivity index (χ1n) is 7.20. The number of carbonyl (C=O) groups excluding carboxylic acids is 1. The van der Waals surface area contributed by atoms with Crippen LogP contribution in [0.4, 0.5) is 5.69 Å². The molecule has 116 valence electrons. The van der Waals surface area contributed by atoms with Gasteiger partial charge in [-0.05, 0) is 37.6 Å². The molecule has 0 heterocycles. The maximum atomic E-state index is 12.6. The number of rotatable bonds is 4.